The molecular formula is C15H20N6. The van der Waals surface area contributed by atoms with Crippen LogP contribution in [0.5, 0.6) is 0 Å². The quantitative estimate of drug-likeness (QED) is 0.624. The van der Waals surface area contributed by atoms with E-state index < -0.39 is 0 Å². The second kappa shape index (κ2) is 6.78. The van der Waals surface area contributed by atoms with E-state index in [0.717, 1.165) is 5.69 Å². The lowest BCUT2D eigenvalue weighted by Crippen LogP contribution is -2.00. The third-order valence-corrected chi connectivity index (χ3v) is 2.85. The molecule has 6 nitrogen and oxygen atoms in total. The van der Waals surface area contributed by atoms with Crippen LogP contribution in [0.25, 0.3) is 11.8 Å². The van der Waals surface area contributed by atoms with Crippen molar-refractivity contribution < 1.29 is 0 Å². The van der Waals surface area contributed by atoms with Crippen LogP contribution in [0.1, 0.15) is 31.2 Å². The molecule has 1 heterocycles. The maximum atomic E-state index is 4.30. The molecule has 6 heteroatoms. The zero-order valence-corrected chi connectivity index (χ0v) is 12.8. The molecule has 0 radical (unpaired) electrons. The minimum atomic E-state index is 0.511. The van der Waals surface area contributed by atoms with Gasteiger partial charge in [0.15, 0.2) is 5.82 Å². The van der Waals surface area contributed by atoms with Crippen molar-refractivity contribution in [2.24, 2.45) is 5.10 Å². The molecule has 0 atom stereocenters. The zero-order valence-electron chi connectivity index (χ0n) is 12.8. The summed E-state index contributed by atoms with van der Waals surface area (Å²) in [6.45, 7) is 4.34. The SMILES string of the molecule is CC(C)c1ccc(-n2nnc(/C=C/C=N/N(C)C)n2)cc1. The Labute approximate surface area is 124 Å². The van der Waals surface area contributed by atoms with Gasteiger partial charge in [0, 0.05) is 20.3 Å². The fourth-order valence-corrected chi connectivity index (χ4v) is 1.69. The summed E-state index contributed by atoms with van der Waals surface area (Å²) in [4.78, 5) is 1.52. The van der Waals surface area contributed by atoms with E-state index in [1.165, 1.54) is 10.4 Å². The van der Waals surface area contributed by atoms with Crippen molar-refractivity contribution in [1.29, 1.82) is 0 Å². The van der Waals surface area contributed by atoms with Gasteiger partial charge in [-0.1, -0.05) is 26.0 Å². The van der Waals surface area contributed by atoms with Crippen LogP contribution in [-0.4, -0.2) is 45.5 Å². The third-order valence-electron chi connectivity index (χ3n) is 2.85. The number of aromatic nitrogens is 4. The van der Waals surface area contributed by atoms with Crippen molar-refractivity contribution in [3.8, 4) is 5.69 Å². The standard InChI is InChI=1S/C15H20N6/c1-12(2)13-7-9-14(10-8-13)21-18-15(17-19-21)6-5-11-16-20(3)4/h5-12H,1-4H3/b6-5+,16-11+. The van der Waals surface area contributed by atoms with Crippen LogP contribution >= 0.6 is 0 Å². The first-order valence-electron chi connectivity index (χ1n) is 6.84. The fraction of sp³-hybridized carbons (Fsp3) is 0.333. The lowest BCUT2D eigenvalue weighted by atomic mass is 10.0. The van der Waals surface area contributed by atoms with Crippen molar-refractivity contribution in [3.05, 3.63) is 41.7 Å². The highest BCUT2D eigenvalue weighted by molar-refractivity contribution is 5.76. The number of hydrogen-bond acceptors (Lipinski definition) is 5. The molecule has 0 fully saturated rings. The molecule has 0 unspecified atom stereocenters. The van der Waals surface area contributed by atoms with Gasteiger partial charge in [-0.25, -0.2) is 0 Å². The maximum Gasteiger partial charge on any atom is 0.198 e. The second-order valence-corrected chi connectivity index (χ2v) is 5.15. The molecule has 0 N–H and O–H groups in total. The summed E-state index contributed by atoms with van der Waals surface area (Å²) in [5.74, 6) is 1.06. The van der Waals surface area contributed by atoms with Gasteiger partial charge in [0.05, 0.1) is 5.69 Å². The summed E-state index contributed by atoms with van der Waals surface area (Å²) in [6, 6.07) is 8.17. The molecule has 0 spiro atoms. The number of hydrogen-bond donors (Lipinski definition) is 0. The van der Waals surface area contributed by atoms with Gasteiger partial charge in [-0.05, 0) is 41.0 Å². The Balaban J connectivity index is 2.09. The number of benzene rings is 1. The topological polar surface area (TPSA) is 59.2 Å². The lowest BCUT2D eigenvalue weighted by molar-refractivity contribution is 0.440. The van der Waals surface area contributed by atoms with Gasteiger partial charge >= 0.3 is 0 Å². The summed E-state index contributed by atoms with van der Waals surface area (Å²) in [5.41, 5.74) is 2.19. The van der Waals surface area contributed by atoms with Gasteiger partial charge in [-0.3, -0.25) is 0 Å². The lowest BCUT2D eigenvalue weighted by Gasteiger charge is -2.05. The Morgan fingerprint density at radius 3 is 2.52 bits per heavy atom. The minimum absolute atomic E-state index is 0.511. The normalized spacial score (nSPS) is 11.9. The highest BCUT2D eigenvalue weighted by atomic mass is 15.6. The first-order valence-corrected chi connectivity index (χ1v) is 6.84. The van der Waals surface area contributed by atoms with E-state index in [4.69, 9.17) is 0 Å². The molecule has 2 rings (SSSR count). The van der Waals surface area contributed by atoms with Crippen LogP contribution in [0.15, 0.2) is 35.4 Å². The van der Waals surface area contributed by atoms with Crippen LogP contribution < -0.4 is 0 Å². The predicted molar refractivity (Wildman–Crippen MR) is 84.5 cm³/mol. The van der Waals surface area contributed by atoms with E-state index in [2.05, 4.69) is 46.5 Å². The highest BCUT2D eigenvalue weighted by Gasteiger charge is 2.03. The fourth-order valence-electron chi connectivity index (χ4n) is 1.69. The van der Waals surface area contributed by atoms with Gasteiger partial charge in [0.2, 0.25) is 0 Å². The molecule has 1 aromatic heterocycles. The van der Waals surface area contributed by atoms with Gasteiger partial charge in [0.1, 0.15) is 0 Å². The van der Waals surface area contributed by atoms with Crippen LogP contribution in [0.2, 0.25) is 0 Å². The van der Waals surface area contributed by atoms with Crippen molar-refractivity contribution >= 4 is 12.3 Å². The number of tetrazole rings is 1. The molecule has 0 aliphatic rings. The molecule has 21 heavy (non-hydrogen) atoms. The van der Waals surface area contributed by atoms with E-state index in [1.807, 2.05) is 26.2 Å². The van der Waals surface area contributed by atoms with Crippen LogP contribution in [0.3, 0.4) is 0 Å². The van der Waals surface area contributed by atoms with Gasteiger partial charge in [-0.15, -0.1) is 15.0 Å². The maximum absolute atomic E-state index is 4.30. The Morgan fingerprint density at radius 2 is 1.90 bits per heavy atom. The third kappa shape index (κ3) is 4.24. The number of rotatable bonds is 5. The highest BCUT2D eigenvalue weighted by Crippen LogP contribution is 2.15. The molecule has 1 aromatic carbocycles. The van der Waals surface area contributed by atoms with Crippen molar-refractivity contribution in [1.82, 2.24) is 25.2 Å². The first kappa shape index (κ1) is 14.9. The number of allylic oxidation sites excluding steroid dienone is 1. The molecule has 0 saturated carbocycles. The Bertz CT molecular complexity index is 622. The molecular weight excluding hydrogens is 264 g/mol. The summed E-state index contributed by atoms with van der Waals surface area (Å²) >= 11 is 0. The summed E-state index contributed by atoms with van der Waals surface area (Å²) in [7, 11) is 3.72. The van der Waals surface area contributed by atoms with E-state index in [1.54, 1.807) is 23.4 Å². The van der Waals surface area contributed by atoms with Crippen LogP contribution in [0.4, 0.5) is 0 Å². The molecule has 0 amide bonds. The summed E-state index contributed by atoms with van der Waals surface area (Å²) < 4.78 is 0. The van der Waals surface area contributed by atoms with Gasteiger partial charge in [0.25, 0.3) is 0 Å². The van der Waals surface area contributed by atoms with Crippen molar-refractivity contribution in [3.63, 3.8) is 0 Å². The van der Waals surface area contributed by atoms with E-state index in [0.29, 0.717) is 11.7 Å². The molecule has 0 saturated heterocycles. The Hall–Kier alpha value is -2.50. The Kier molecular flexibility index (Phi) is 4.81. The van der Waals surface area contributed by atoms with Gasteiger partial charge < -0.3 is 5.01 Å². The smallest absolute Gasteiger partial charge is 0.198 e. The first-order chi connectivity index (χ1) is 10.1. The van der Waals surface area contributed by atoms with Crippen molar-refractivity contribution in [2.75, 3.05) is 14.1 Å². The predicted octanol–water partition coefficient (Wildman–Crippen LogP) is 2.35. The van der Waals surface area contributed by atoms with E-state index >= 15 is 0 Å². The number of nitrogens with zero attached hydrogens (tertiary/aromatic N) is 6. The number of hydrazone groups is 1. The summed E-state index contributed by atoms with van der Waals surface area (Å²) in [5, 5.41) is 18.1. The van der Waals surface area contributed by atoms with Crippen molar-refractivity contribution in [2.45, 2.75) is 19.8 Å². The molecule has 0 aliphatic carbocycles. The average Bonchev–Trinajstić information content (AvgIpc) is 2.92. The molecule has 0 bridgehead atoms. The second-order valence-electron chi connectivity index (χ2n) is 5.15. The zero-order chi connectivity index (χ0) is 15.2. The van der Waals surface area contributed by atoms with Gasteiger partial charge in [-0.2, -0.15) is 5.10 Å². The minimum Gasteiger partial charge on any atom is -0.303 e. The van der Waals surface area contributed by atoms with E-state index in [-0.39, 0.29) is 0 Å². The van der Waals surface area contributed by atoms with E-state index in [9.17, 15) is 0 Å². The monoisotopic (exact) mass is 284 g/mol. The summed E-state index contributed by atoms with van der Waals surface area (Å²) in [6.07, 6.45) is 5.22. The molecule has 110 valence electrons. The Morgan fingerprint density at radius 1 is 1.19 bits per heavy atom. The molecule has 0 aliphatic heterocycles. The van der Waals surface area contributed by atoms with Crippen LogP contribution in [0, 0.1) is 0 Å². The largest absolute Gasteiger partial charge is 0.303 e. The molecule has 2 aromatic rings. The van der Waals surface area contributed by atoms with Crippen LogP contribution in [-0.2, 0) is 0 Å². The average molecular weight is 284 g/mol.